The van der Waals surface area contributed by atoms with Crippen molar-refractivity contribution in [1.29, 1.82) is 0 Å². The monoisotopic (exact) mass is 507 g/mol. The average molecular weight is 508 g/mol. The van der Waals surface area contributed by atoms with Gasteiger partial charge < -0.3 is 9.84 Å². The molecule has 0 heterocycles. The highest BCUT2D eigenvalue weighted by Crippen LogP contribution is 2.39. The third kappa shape index (κ3) is 6.33. The predicted molar refractivity (Wildman–Crippen MR) is 125 cm³/mol. The number of carboxylic acids is 1. The molecule has 6 nitrogen and oxygen atoms in total. The zero-order chi connectivity index (χ0) is 25.8. The number of hydrogen-bond donors (Lipinski definition) is 1. The van der Waals surface area contributed by atoms with Crippen molar-refractivity contribution in [2.24, 2.45) is 0 Å². The van der Waals surface area contributed by atoms with Gasteiger partial charge in [0.2, 0.25) is 0 Å². The zero-order valence-electron chi connectivity index (χ0n) is 19.0. The molecule has 0 fully saturated rings. The standard InChI is InChI=1S/C25H24F3NO5S/c1-17(2)29(35(32,33)21-6-4-3-5-7-21)22-13-12-20(25(26,27)28)15-23(22)34-16-19-10-8-18(9-11-19)14-24(30)31/h3-13,15,17H,14,16H2,1-2H3,(H,30,31). The summed E-state index contributed by atoms with van der Waals surface area (Å²) in [5.41, 5.74) is 0.124. The van der Waals surface area contributed by atoms with E-state index in [4.69, 9.17) is 9.84 Å². The van der Waals surface area contributed by atoms with Crippen LogP contribution in [-0.4, -0.2) is 25.5 Å². The largest absolute Gasteiger partial charge is 0.487 e. The van der Waals surface area contributed by atoms with Crippen LogP contribution >= 0.6 is 0 Å². The Morgan fingerprint density at radius 1 is 0.971 bits per heavy atom. The molecule has 0 saturated heterocycles. The van der Waals surface area contributed by atoms with Crippen LogP contribution in [-0.2, 0) is 34.0 Å². The Bertz CT molecular complexity index is 1270. The fraction of sp³-hybridized carbons (Fsp3) is 0.240. The molecule has 0 spiro atoms. The van der Waals surface area contributed by atoms with E-state index in [-0.39, 0.29) is 29.4 Å². The molecule has 0 amide bonds. The SMILES string of the molecule is CC(C)N(c1ccc(C(F)(F)F)cc1OCc1ccc(CC(=O)O)cc1)S(=O)(=O)c1ccccc1. The van der Waals surface area contributed by atoms with Crippen LogP contribution in [0.5, 0.6) is 5.75 Å². The Balaban J connectivity index is 2.01. The van der Waals surface area contributed by atoms with E-state index < -0.39 is 33.8 Å². The molecule has 0 saturated carbocycles. The van der Waals surface area contributed by atoms with Crippen LogP contribution in [0.15, 0.2) is 77.7 Å². The van der Waals surface area contributed by atoms with Crippen molar-refractivity contribution in [3.8, 4) is 5.75 Å². The molecule has 3 aromatic rings. The lowest BCUT2D eigenvalue weighted by Gasteiger charge is -2.30. The van der Waals surface area contributed by atoms with Crippen molar-refractivity contribution < 1.29 is 36.2 Å². The van der Waals surface area contributed by atoms with Gasteiger partial charge in [0.25, 0.3) is 10.0 Å². The number of aliphatic carboxylic acids is 1. The second-order valence-corrected chi connectivity index (χ2v) is 9.88. The van der Waals surface area contributed by atoms with Crippen LogP contribution in [0.2, 0.25) is 0 Å². The van der Waals surface area contributed by atoms with E-state index in [1.807, 2.05) is 0 Å². The lowest BCUT2D eigenvalue weighted by Crippen LogP contribution is -2.37. The maximum Gasteiger partial charge on any atom is 0.416 e. The fourth-order valence-electron chi connectivity index (χ4n) is 3.47. The molecule has 10 heteroatoms. The minimum atomic E-state index is -4.66. The Morgan fingerprint density at radius 2 is 1.57 bits per heavy atom. The van der Waals surface area contributed by atoms with Gasteiger partial charge in [-0.3, -0.25) is 9.10 Å². The molecule has 0 atom stereocenters. The maximum atomic E-state index is 13.4. The minimum Gasteiger partial charge on any atom is -0.487 e. The van der Waals surface area contributed by atoms with Crippen LogP contribution in [0.3, 0.4) is 0 Å². The summed E-state index contributed by atoms with van der Waals surface area (Å²) in [5.74, 6) is -1.24. The summed E-state index contributed by atoms with van der Waals surface area (Å²) in [4.78, 5) is 10.8. The van der Waals surface area contributed by atoms with Gasteiger partial charge in [0, 0.05) is 6.04 Å². The van der Waals surface area contributed by atoms with Gasteiger partial charge in [-0.15, -0.1) is 0 Å². The van der Waals surface area contributed by atoms with E-state index in [0.29, 0.717) is 11.1 Å². The van der Waals surface area contributed by atoms with Crippen LogP contribution in [0, 0.1) is 0 Å². The molecule has 0 bridgehead atoms. The summed E-state index contributed by atoms with van der Waals surface area (Å²) in [6, 6.07) is 16.0. The van der Waals surface area contributed by atoms with E-state index in [9.17, 15) is 26.4 Å². The van der Waals surface area contributed by atoms with Crippen molar-refractivity contribution in [1.82, 2.24) is 0 Å². The summed E-state index contributed by atoms with van der Waals surface area (Å²) in [6.07, 6.45) is -4.82. The van der Waals surface area contributed by atoms with Crippen LogP contribution in [0.4, 0.5) is 18.9 Å². The summed E-state index contributed by atoms with van der Waals surface area (Å²) in [6.45, 7) is 3.07. The number of halogens is 3. The Kier molecular flexibility index (Phi) is 7.74. The second kappa shape index (κ2) is 10.4. The van der Waals surface area contributed by atoms with Gasteiger partial charge in [0.15, 0.2) is 0 Å². The lowest BCUT2D eigenvalue weighted by atomic mass is 10.1. The molecule has 0 unspecified atom stereocenters. The molecule has 3 aromatic carbocycles. The van der Waals surface area contributed by atoms with E-state index >= 15 is 0 Å². The Hall–Kier alpha value is -3.53. The van der Waals surface area contributed by atoms with Crippen molar-refractivity contribution in [3.05, 3.63) is 89.5 Å². The third-order valence-electron chi connectivity index (χ3n) is 5.07. The molecule has 1 N–H and O–H groups in total. The number of carboxylic acid groups (broad SMARTS) is 1. The van der Waals surface area contributed by atoms with Crippen LogP contribution in [0.1, 0.15) is 30.5 Å². The highest BCUT2D eigenvalue weighted by Gasteiger charge is 2.34. The van der Waals surface area contributed by atoms with Crippen molar-refractivity contribution in [2.45, 2.75) is 44.0 Å². The van der Waals surface area contributed by atoms with Crippen molar-refractivity contribution in [3.63, 3.8) is 0 Å². The van der Waals surface area contributed by atoms with Crippen LogP contribution in [0.25, 0.3) is 0 Å². The first kappa shape index (κ1) is 26.1. The molecular formula is C25H24F3NO5S. The first-order valence-corrected chi connectivity index (χ1v) is 12.1. The number of benzene rings is 3. The maximum absolute atomic E-state index is 13.4. The number of sulfonamides is 1. The van der Waals surface area contributed by atoms with E-state index in [1.54, 1.807) is 56.3 Å². The van der Waals surface area contributed by atoms with Gasteiger partial charge >= 0.3 is 12.1 Å². The number of alkyl halides is 3. The van der Waals surface area contributed by atoms with Crippen molar-refractivity contribution >= 4 is 21.7 Å². The predicted octanol–water partition coefficient (Wildman–Crippen LogP) is 5.52. The summed E-state index contributed by atoms with van der Waals surface area (Å²) in [5, 5.41) is 8.88. The fourth-order valence-corrected chi connectivity index (χ4v) is 5.16. The zero-order valence-corrected chi connectivity index (χ0v) is 19.8. The van der Waals surface area contributed by atoms with E-state index in [1.165, 1.54) is 12.1 Å². The molecule has 186 valence electrons. The summed E-state index contributed by atoms with van der Waals surface area (Å²) in [7, 11) is -4.11. The first-order valence-electron chi connectivity index (χ1n) is 10.6. The number of nitrogens with zero attached hydrogens (tertiary/aromatic N) is 1. The van der Waals surface area contributed by atoms with Gasteiger partial charge in [0.1, 0.15) is 12.4 Å². The second-order valence-electron chi connectivity index (χ2n) is 8.06. The number of ether oxygens (including phenoxy) is 1. The normalized spacial score (nSPS) is 11.9. The van der Waals surface area contributed by atoms with Gasteiger partial charge in [-0.25, -0.2) is 8.42 Å². The highest BCUT2D eigenvalue weighted by molar-refractivity contribution is 7.92. The van der Waals surface area contributed by atoms with Gasteiger partial charge in [-0.2, -0.15) is 13.2 Å². The van der Waals surface area contributed by atoms with Crippen LogP contribution < -0.4 is 9.04 Å². The molecule has 0 aromatic heterocycles. The number of carbonyl (C=O) groups is 1. The van der Waals surface area contributed by atoms with E-state index in [2.05, 4.69) is 0 Å². The number of rotatable bonds is 9. The van der Waals surface area contributed by atoms with Gasteiger partial charge in [-0.05, 0) is 55.3 Å². The lowest BCUT2D eigenvalue weighted by molar-refractivity contribution is -0.138. The smallest absolute Gasteiger partial charge is 0.416 e. The van der Waals surface area contributed by atoms with Gasteiger partial charge in [-0.1, -0.05) is 42.5 Å². The quantitative estimate of drug-likeness (QED) is 0.413. The molecular weight excluding hydrogens is 483 g/mol. The Morgan fingerprint density at radius 3 is 2.11 bits per heavy atom. The highest BCUT2D eigenvalue weighted by atomic mass is 32.2. The average Bonchev–Trinajstić information content (AvgIpc) is 2.78. The topological polar surface area (TPSA) is 83.9 Å². The first-order chi connectivity index (χ1) is 16.4. The Labute approximate surface area is 201 Å². The molecule has 0 aliphatic carbocycles. The molecule has 0 aliphatic rings. The number of hydrogen-bond acceptors (Lipinski definition) is 4. The molecule has 0 aliphatic heterocycles. The summed E-state index contributed by atoms with van der Waals surface area (Å²) < 4.78 is 73.9. The summed E-state index contributed by atoms with van der Waals surface area (Å²) >= 11 is 0. The number of anilines is 1. The van der Waals surface area contributed by atoms with E-state index in [0.717, 1.165) is 22.5 Å². The van der Waals surface area contributed by atoms with Gasteiger partial charge in [0.05, 0.1) is 22.6 Å². The molecule has 35 heavy (non-hydrogen) atoms. The minimum absolute atomic E-state index is 0.00596. The van der Waals surface area contributed by atoms with Crippen molar-refractivity contribution in [2.75, 3.05) is 4.31 Å². The molecule has 0 radical (unpaired) electrons. The third-order valence-corrected chi connectivity index (χ3v) is 7.07. The molecule has 3 rings (SSSR count).